The van der Waals surface area contributed by atoms with Gasteiger partial charge in [0.2, 0.25) is 0 Å². The molecule has 1 aliphatic heterocycles. The van der Waals surface area contributed by atoms with Crippen molar-refractivity contribution in [3.8, 4) is 6.07 Å². The maximum Gasteiger partial charge on any atom is 0.0668 e. The molecule has 78 valence electrons. The van der Waals surface area contributed by atoms with Gasteiger partial charge < -0.3 is 0 Å². The van der Waals surface area contributed by atoms with Gasteiger partial charge in [0.1, 0.15) is 0 Å². The predicted octanol–water partition coefficient (Wildman–Crippen LogP) is 3.64. The van der Waals surface area contributed by atoms with E-state index in [1.165, 1.54) is 10.5 Å². The number of benzene rings is 1. The number of halogens is 1. The topological polar surface area (TPSA) is 23.8 Å². The van der Waals surface area contributed by atoms with Crippen molar-refractivity contribution in [1.29, 1.82) is 5.26 Å². The molecule has 2 unspecified atom stereocenters. The van der Waals surface area contributed by atoms with E-state index in [0.717, 1.165) is 12.2 Å². The van der Waals surface area contributed by atoms with Crippen LogP contribution in [0.3, 0.4) is 0 Å². The highest BCUT2D eigenvalue weighted by Gasteiger charge is 2.25. The lowest BCUT2D eigenvalue weighted by atomic mass is 9.92. The van der Waals surface area contributed by atoms with Crippen molar-refractivity contribution in [2.75, 3.05) is 11.6 Å². The minimum atomic E-state index is -0.0107. The number of hydrogen-bond donors (Lipinski definition) is 0. The van der Waals surface area contributed by atoms with Crippen LogP contribution >= 0.6 is 23.4 Å². The highest BCUT2D eigenvalue weighted by molar-refractivity contribution is 7.99. The molecular weight excluding hydrogens is 226 g/mol. The second-order valence-corrected chi connectivity index (χ2v) is 5.13. The molecule has 0 saturated carbocycles. The summed E-state index contributed by atoms with van der Waals surface area (Å²) in [6.07, 6.45) is 0.893. The fourth-order valence-electron chi connectivity index (χ4n) is 1.92. The number of fused-ring (bicyclic) bond motifs is 1. The van der Waals surface area contributed by atoms with Crippen LogP contribution in [0.4, 0.5) is 0 Å². The molecule has 0 aliphatic carbocycles. The van der Waals surface area contributed by atoms with Gasteiger partial charge in [-0.1, -0.05) is 18.2 Å². The Hall–Kier alpha value is -0.650. The van der Waals surface area contributed by atoms with E-state index in [-0.39, 0.29) is 5.92 Å². The van der Waals surface area contributed by atoms with Crippen molar-refractivity contribution in [2.24, 2.45) is 5.92 Å². The zero-order valence-electron chi connectivity index (χ0n) is 8.32. The van der Waals surface area contributed by atoms with Gasteiger partial charge in [-0.15, -0.1) is 23.4 Å². The standard InChI is InChI=1S/C12H12ClNS/c13-6-9(7-14)5-10-8-15-12-4-2-1-3-11(10)12/h1-4,9-10H,5-6,8H2. The van der Waals surface area contributed by atoms with E-state index in [4.69, 9.17) is 16.9 Å². The van der Waals surface area contributed by atoms with Crippen LogP contribution in [0.1, 0.15) is 17.9 Å². The Morgan fingerprint density at radius 1 is 1.53 bits per heavy atom. The average Bonchev–Trinajstić information content (AvgIpc) is 2.69. The number of alkyl halides is 1. The van der Waals surface area contributed by atoms with E-state index in [9.17, 15) is 0 Å². The molecule has 1 aromatic carbocycles. The summed E-state index contributed by atoms with van der Waals surface area (Å²) in [5, 5.41) is 8.89. The third-order valence-electron chi connectivity index (χ3n) is 2.74. The first kappa shape index (κ1) is 10.9. The lowest BCUT2D eigenvalue weighted by Gasteiger charge is -2.12. The molecule has 0 N–H and O–H groups in total. The number of thioether (sulfide) groups is 1. The summed E-state index contributed by atoms with van der Waals surface area (Å²) in [5.74, 6) is 2.03. The van der Waals surface area contributed by atoms with Crippen LogP contribution in [0.2, 0.25) is 0 Å². The first-order chi connectivity index (χ1) is 7.35. The Balaban J connectivity index is 2.11. The van der Waals surface area contributed by atoms with Crippen LogP contribution in [0.5, 0.6) is 0 Å². The molecule has 3 heteroatoms. The number of nitriles is 1. The van der Waals surface area contributed by atoms with Gasteiger partial charge in [-0.2, -0.15) is 5.26 Å². The normalized spacial score (nSPS) is 20.7. The van der Waals surface area contributed by atoms with Crippen LogP contribution in [0, 0.1) is 17.2 Å². The van der Waals surface area contributed by atoms with Gasteiger partial charge in [-0.05, 0) is 24.0 Å². The quantitative estimate of drug-likeness (QED) is 0.750. The molecule has 0 spiro atoms. The molecule has 0 radical (unpaired) electrons. The smallest absolute Gasteiger partial charge is 0.0668 e. The Bertz CT molecular complexity index is 385. The van der Waals surface area contributed by atoms with Crippen molar-refractivity contribution in [2.45, 2.75) is 17.2 Å². The molecule has 2 rings (SSSR count). The second-order valence-electron chi connectivity index (χ2n) is 3.76. The maximum absolute atomic E-state index is 8.89. The van der Waals surface area contributed by atoms with Gasteiger partial charge in [0.05, 0.1) is 12.0 Å². The Morgan fingerprint density at radius 3 is 3.07 bits per heavy atom. The molecule has 0 fully saturated rings. The molecule has 0 saturated heterocycles. The number of rotatable bonds is 3. The number of hydrogen-bond acceptors (Lipinski definition) is 2. The van der Waals surface area contributed by atoms with Gasteiger partial charge in [-0.25, -0.2) is 0 Å². The van der Waals surface area contributed by atoms with Crippen molar-refractivity contribution >= 4 is 23.4 Å². The summed E-state index contributed by atoms with van der Waals surface area (Å²) >= 11 is 7.63. The molecule has 1 heterocycles. The van der Waals surface area contributed by atoms with Gasteiger partial charge in [0, 0.05) is 16.5 Å². The van der Waals surface area contributed by atoms with Gasteiger partial charge in [-0.3, -0.25) is 0 Å². The lowest BCUT2D eigenvalue weighted by Crippen LogP contribution is -2.07. The molecular formula is C12H12ClNS. The van der Waals surface area contributed by atoms with Crippen molar-refractivity contribution in [3.05, 3.63) is 29.8 Å². The zero-order valence-corrected chi connectivity index (χ0v) is 9.89. The fraction of sp³-hybridized carbons (Fsp3) is 0.417. The first-order valence-electron chi connectivity index (χ1n) is 5.02. The third kappa shape index (κ3) is 2.30. The summed E-state index contributed by atoms with van der Waals surface area (Å²) in [6, 6.07) is 10.7. The van der Waals surface area contributed by atoms with Crippen molar-refractivity contribution < 1.29 is 0 Å². The summed E-state index contributed by atoms with van der Waals surface area (Å²) in [4.78, 5) is 1.37. The summed E-state index contributed by atoms with van der Waals surface area (Å²) in [7, 11) is 0. The minimum absolute atomic E-state index is 0.0107. The first-order valence-corrected chi connectivity index (χ1v) is 6.54. The van der Waals surface area contributed by atoms with Gasteiger partial charge in [0.15, 0.2) is 0 Å². The number of nitrogens with zero attached hydrogens (tertiary/aromatic N) is 1. The van der Waals surface area contributed by atoms with E-state index in [0.29, 0.717) is 11.8 Å². The monoisotopic (exact) mass is 237 g/mol. The van der Waals surface area contributed by atoms with Crippen molar-refractivity contribution in [3.63, 3.8) is 0 Å². The van der Waals surface area contributed by atoms with E-state index < -0.39 is 0 Å². The predicted molar refractivity (Wildman–Crippen MR) is 64.3 cm³/mol. The average molecular weight is 238 g/mol. The molecule has 2 atom stereocenters. The SMILES string of the molecule is N#CC(CCl)CC1CSc2ccccc21. The van der Waals surface area contributed by atoms with Crippen LogP contribution in [-0.4, -0.2) is 11.6 Å². The Morgan fingerprint density at radius 2 is 2.33 bits per heavy atom. The van der Waals surface area contributed by atoms with E-state index in [1.54, 1.807) is 0 Å². The van der Waals surface area contributed by atoms with Crippen LogP contribution < -0.4 is 0 Å². The van der Waals surface area contributed by atoms with Gasteiger partial charge in [0.25, 0.3) is 0 Å². The second kappa shape index (κ2) is 4.92. The highest BCUT2D eigenvalue weighted by Crippen LogP contribution is 2.42. The molecule has 0 bridgehead atoms. The molecule has 1 nitrogen and oxygen atoms in total. The Kier molecular flexibility index (Phi) is 3.56. The van der Waals surface area contributed by atoms with Crippen LogP contribution in [0.15, 0.2) is 29.2 Å². The molecule has 15 heavy (non-hydrogen) atoms. The Labute approximate surface area is 99.4 Å². The van der Waals surface area contributed by atoms with Crippen LogP contribution in [-0.2, 0) is 0 Å². The molecule has 1 aliphatic rings. The third-order valence-corrected chi connectivity index (χ3v) is 4.36. The highest BCUT2D eigenvalue weighted by atomic mass is 35.5. The molecule has 1 aromatic rings. The zero-order chi connectivity index (χ0) is 10.7. The van der Waals surface area contributed by atoms with E-state index >= 15 is 0 Å². The van der Waals surface area contributed by atoms with E-state index in [1.807, 2.05) is 11.8 Å². The van der Waals surface area contributed by atoms with Crippen LogP contribution in [0.25, 0.3) is 0 Å². The largest absolute Gasteiger partial charge is 0.198 e. The van der Waals surface area contributed by atoms with E-state index in [2.05, 4.69) is 30.3 Å². The van der Waals surface area contributed by atoms with Crippen molar-refractivity contribution in [1.82, 2.24) is 0 Å². The van der Waals surface area contributed by atoms with Gasteiger partial charge >= 0.3 is 0 Å². The minimum Gasteiger partial charge on any atom is -0.198 e. The summed E-state index contributed by atoms with van der Waals surface area (Å²) in [6.45, 7) is 0. The lowest BCUT2D eigenvalue weighted by molar-refractivity contribution is 0.588. The fourth-order valence-corrected chi connectivity index (χ4v) is 3.39. The molecule has 0 aromatic heterocycles. The molecule has 0 amide bonds. The summed E-state index contributed by atoms with van der Waals surface area (Å²) in [5.41, 5.74) is 1.40. The summed E-state index contributed by atoms with van der Waals surface area (Å²) < 4.78 is 0. The maximum atomic E-state index is 8.89.